The van der Waals surface area contributed by atoms with Gasteiger partial charge in [0.15, 0.2) is 0 Å². The van der Waals surface area contributed by atoms with Crippen LogP contribution in [0.15, 0.2) is 17.0 Å². The van der Waals surface area contributed by atoms with E-state index in [0.29, 0.717) is 6.07 Å². The third-order valence-electron chi connectivity index (χ3n) is 2.16. The molecule has 1 atom stereocenters. The van der Waals surface area contributed by atoms with Crippen molar-refractivity contribution in [2.24, 2.45) is 0 Å². The molecule has 1 rings (SSSR count). The number of ether oxygens (including phenoxy) is 1. The molecule has 0 aliphatic rings. The van der Waals surface area contributed by atoms with Crippen molar-refractivity contribution in [2.75, 3.05) is 6.61 Å². The van der Waals surface area contributed by atoms with Crippen molar-refractivity contribution in [2.45, 2.75) is 24.0 Å². The first kappa shape index (κ1) is 15.9. The maximum absolute atomic E-state index is 13.5. The van der Waals surface area contributed by atoms with Gasteiger partial charge in [-0.15, -0.1) is 11.8 Å². The largest absolute Gasteiger partial charge is 0.465 e. The fourth-order valence-electron chi connectivity index (χ4n) is 1.27. The monoisotopic (exact) mass is 308 g/mol. The van der Waals surface area contributed by atoms with Gasteiger partial charge in [0.05, 0.1) is 12.2 Å². The van der Waals surface area contributed by atoms with Crippen LogP contribution in [-0.2, 0) is 9.53 Å². The fraction of sp³-hybridized carbons (Fsp3) is 0.333. The van der Waals surface area contributed by atoms with Crippen LogP contribution < -0.4 is 0 Å². The van der Waals surface area contributed by atoms with Crippen LogP contribution in [0.3, 0.4) is 0 Å². The zero-order chi connectivity index (χ0) is 14.6. The van der Waals surface area contributed by atoms with Crippen LogP contribution in [0.25, 0.3) is 0 Å². The molecule has 1 aromatic carbocycles. The molecule has 3 nitrogen and oxygen atoms in total. The van der Waals surface area contributed by atoms with Gasteiger partial charge in [0.2, 0.25) is 0 Å². The number of hydrogen-bond donors (Lipinski definition) is 0. The normalized spacial score (nSPS) is 12.1. The summed E-state index contributed by atoms with van der Waals surface area (Å²) in [7, 11) is 0. The minimum Gasteiger partial charge on any atom is -0.465 e. The van der Waals surface area contributed by atoms with Gasteiger partial charge in [0.25, 0.3) is 5.24 Å². The number of carbonyl (C=O) groups excluding carboxylic acids is 2. The smallest absolute Gasteiger partial charge is 0.319 e. The first-order valence-electron chi connectivity index (χ1n) is 5.39. The van der Waals surface area contributed by atoms with Crippen LogP contribution in [0, 0.1) is 11.6 Å². The summed E-state index contributed by atoms with van der Waals surface area (Å²) in [5, 5.41) is -1.71. The third kappa shape index (κ3) is 4.18. The number of thioether (sulfide) groups is 1. The summed E-state index contributed by atoms with van der Waals surface area (Å²) in [5.41, 5.74) is -0.429. The van der Waals surface area contributed by atoms with Crippen molar-refractivity contribution < 1.29 is 23.1 Å². The van der Waals surface area contributed by atoms with E-state index in [1.807, 2.05) is 0 Å². The Bertz CT molecular complexity index is 508. The molecule has 0 saturated heterocycles. The minimum atomic E-state index is -1.04. The molecule has 1 aromatic rings. The topological polar surface area (TPSA) is 43.4 Å². The van der Waals surface area contributed by atoms with Gasteiger partial charge in [0, 0.05) is 11.0 Å². The van der Waals surface area contributed by atoms with Crippen LogP contribution in [0.1, 0.15) is 24.2 Å². The molecular formula is C12H11ClF2O3S. The fourth-order valence-corrected chi connectivity index (χ4v) is 2.32. The molecule has 0 fully saturated rings. The summed E-state index contributed by atoms with van der Waals surface area (Å²) in [5.74, 6) is -2.42. The first-order chi connectivity index (χ1) is 8.86. The van der Waals surface area contributed by atoms with Crippen LogP contribution >= 0.6 is 23.4 Å². The van der Waals surface area contributed by atoms with Gasteiger partial charge >= 0.3 is 5.97 Å². The van der Waals surface area contributed by atoms with Crippen molar-refractivity contribution in [1.29, 1.82) is 0 Å². The van der Waals surface area contributed by atoms with Gasteiger partial charge < -0.3 is 4.74 Å². The molecule has 1 unspecified atom stereocenters. The number of carbonyl (C=O) groups is 2. The van der Waals surface area contributed by atoms with Crippen molar-refractivity contribution in [3.05, 3.63) is 29.3 Å². The Morgan fingerprint density at radius 2 is 2.00 bits per heavy atom. The lowest BCUT2D eigenvalue weighted by molar-refractivity contribution is -0.142. The van der Waals surface area contributed by atoms with Crippen molar-refractivity contribution in [3.63, 3.8) is 0 Å². The predicted molar refractivity (Wildman–Crippen MR) is 68.5 cm³/mol. The lowest BCUT2D eigenvalue weighted by atomic mass is 10.2. The van der Waals surface area contributed by atoms with Crippen molar-refractivity contribution >= 4 is 34.6 Å². The molecule has 0 N–H and O–H groups in total. The summed E-state index contributed by atoms with van der Waals surface area (Å²) < 4.78 is 31.6. The molecule has 0 aliphatic heterocycles. The number of benzene rings is 1. The van der Waals surface area contributed by atoms with E-state index < -0.39 is 33.7 Å². The molecule has 0 aliphatic carbocycles. The van der Waals surface area contributed by atoms with Crippen LogP contribution in [0.2, 0.25) is 0 Å². The SMILES string of the molecule is CCOC(=O)C(C)Sc1cc(C(=O)Cl)c(F)cc1F. The Balaban J connectivity index is 2.98. The Morgan fingerprint density at radius 1 is 1.37 bits per heavy atom. The third-order valence-corrected chi connectivity index (χ3v) is 3.47. The molecule has 0 aromatic heterocycles. The molecule has 19 heavy (non-hydrogen) atoms. The minimum absolute atomic E-state index is 0.0362. The van der Waals surface area contributed by atoms with Gasteiger partial charge in [-0.25, -0.2) is 8.78 Å². The highest BCUT2D eigenvalue weighted by Gasteiger charge is 2.20. The molecule has 0 saturated carbocycles. The second-order valence-electron chi connectivity index (χ2n) is 3.55. The Labute approximate surface area is 118 Å². The van der Waals surface area contributed by atoms with E-state index >= 15 is 0 Å². The second kappa shape index (κ2) is 6.86. The average molecular weight is 309 g/mol. The molecule has 0 heterocycles. The highest BCUT2D eigenvalue weighted by atomic mass is 35.5. The van der Waals surface area contributed by atoms with E-state index in [4.69, 9.17) is 16.3 Å². The van der Waals surface area contributed by atoms with E-state index in [0.717, 1.165) is 17.8 Å². The highest BCUT2D eigenvalue weighted by molar-refractivity contribution is 8.00. The number of rotatable bonds is 5. The maximum Gasteiger partial charge on any atom is 0.319 e. The van der Waals surface area contributed by atoms with Gasteiger partial charge in [-0.05, 0) is 31.5 Å². The number of hydrogen-bond acceptors (Lipinski definition) is 4. The highest BCUT2D eigenvalue weighted by Crippen LogP contribution is 2.29. The molecule has 0 spiro atoms. The summed E-state index contributed by atoms with van der Waals surface area (Å²) in [4.78, 5) is 22.3. The average Bonchev–Trinajstić information content (AvgIpc) is 2.32. The standard InChI is InChI=1S/C12H11ClF2O3S/c1-3-18-12(17)6(2)19-10-4-7(11(13)16)8(14)5-9(10)15/h4-6H,3H2,1-2H3. The molecule has 0 bridgehead atoms. The van der Waals surface area contributed by atoms with Crippen molar-refractivity contribution in [1.82, 2.24) is 0 Å². The molecular weight excluding hydrogens is 298 g/mol. The van der Waals surface area contributed by atoms with E-state index in [1.165, 1.54) is 6.92 Å². The van der Waals surface area contributed by atoms with Gasteiger partial charge in [0.1, 0.15) is 16.9 Å². The summed E-state index contributed by atoms with van der Waals surface area (Å²) in [6.45, 7) is 3.38. The zero-order valence-corrected chi connectivity index (χ0v) is 11.8. The summed E-state index contributed by atoms with van der Waals surface area (Å²) >= 11 is 6.01. The summed E-state index contributed by atoms with van der Waals surface area (Å²) in [6.07, 6.45) is 0. The molecule has 0 radical (unpaired) electrons. The Morgan fingerprint density at radius 3 is 2.53 bits per heavy atom. The van der Waals surface area contributed by atoms with E-state index in [1.54, 1.807) is 6.92 Å². The lowest BCUT2D eigenvalue weighted by Crippen LogP contribution is -2.17. The molecule has 104 valence electrons. The zero-order valence-electron chi connectivity index (χ0n) is 10.2. The molecule has 7 heteroatoms. The quantitative estimate of drug-likeness (QED) is 0.475. The first-order valence-corrected chi connectivity index (χ1v) is 6.64. The Hall–Kier alpha value is -1.14. The van der Waals surface area contributed by atoms with Crippen LogP contribution in [0.4, 0.5) is 8.78 Å². The lowest BCUT2D eigenvalue weighted by Gasteiger charge is -2.11. The maximum atomic E-state index is 13.5. The van der Waals surface area contributed by atoms with E-state index in [-0.39, 0.29) is 11.5 Å². The Kier molecular flexibility index (Phi) is 5.75. The number of halogens is 3. The van der Waals surface area contributed by atoms with Crippen LogP contribution in [-0.4, -0.2) is 23.1 Å². The summed E-state index contributed by atoms with van der Waals surface area (Å²) in [6, 6.07) is 1.55. The van der Waals surface area contributed by atoms with Crippen LogP contribution in [0.5, 0.6) is 0 Å². The predicted octanol–water partition coefficient (Wildman–Crippen LogP) is 3.39. The van der Waals surface area contributed by atoms with Gasteiger partial charge in [-0.1, -0.05) is 0 Å². The van der Waals surface area contributed by atoms with E-state index in [2.05, 4.69) is 0 Å². The van der Waals surface area contributed by atoms with E-state index in [9.17, 15) is 18.4 Å². The van der Waals surface area contributed by atoms with Gasteiger partial charge in [-0.3, -0.25) is 9.59 Å². The van der Waals surface area contributed by atoms with Gasteiger partial charge in [-0.2, -0.15) is 0 Å². The number of esters is 1. The second-order valence-corrected chi connectivity index (χ2v) is 5.27. The van der Waals surface area contributed by atoms with Crippen molar-refractivity contribution in [3.8, 4) is 0 Å². The molecule has 0 amide bonds.